The van der Waals surface area contributed by atoms with Crippen LogP contribution in [0.1, 0.15) is 5.76 Å². The second kappa shape index (κ2) is 7.16. The van der Waals surface area contributed by atoms with E-state index in [1.807, 2.05) is 0 Å². The molecular weight excluding hydrogens is 371 g/mol. The summed E-state index contributed by atoms with van der Waals surface area (Å²) < 4.78 is 19.6. The van der Waals surface area contributed by atoms with E-state index in [2.05, 4.69) is 25.5 Å². The number of benzene rings is 1. The van der Waals surface area contributed by atoms with Crippen LogP contribution in [0.5, 0.6) is 0 Å². The minimum Gasteiger partial charge on any atom is -0.360 e. The second-order valence-electron chi connectivity index (χ2n) is 5.61. The largest absolute Gasteiger partial charge is 0.360 e. The van der Waals surface area contributed by atoms with Crippen LogP contribution >= 0.6 is 11.8 Å². The number of nitrogens with one attached hydrogen (secondary N) is 1. The average Bonchev–Trinajstić information content (AvgIpc) is 3.27. The third-order valence-electron chi connectivity index (χ3n) is 3.64. The highest BCUT2D eigenvalue weighted by Crippen LogP contribution is 2.26. The van der Waals surface area contributed by atoms with Crippen LogP contribution in [0, 0.1) is 12.7 Å². The number of anilines is 1. The molecule has 1 N–H and O–H groups in total. The third-order valence-corrected chi connectivity index (χ3v) is 4.64. The predicted octanol–water partition coefficient (Wildman–Crippen LogP) is 2.98. The lowest BCUT2D eigenvalue weighted by molar-refractivity contribution is -0.113. The molecule has 3 aromatic heterocycles. The standard InChI is InChI=1S/C17H13FN6O2S/c1-10-6-14(23-26-10)22-15(25)8-27-17-13-7-21-24(16(13)19-9-20-17)12-4-2-11(18)3-5-12/h2-7,9H,8H2,1H3,(H,22,23,25). The van der Waals surface area contributed by atoms with E-state index in [9.17, 15) is 9.18 Å². The van der Waals surface area contributed by atoms with Crippen LogP contribution < -0.4 is 5.32 Å². The van der Waals surface area contributed by atoms with Gasteiger partial charge in [0.05, 0.1) is 23.0 Å². The molecule has 0 spiro atoms. The number of carbonyl (C=O) groups is 1. The van der Waals surface area contributed by atoms with E-state index in [0.29, 0.717) is 33.3 Å². The van der Waals surface area contributed by atoms with Crippen LogP contribution in [0.4, 0.5) is 10.2 Å². The fraction of sp³-hybridized carbons (Fsp3) is 0.118. The van der Waals surface area contributed by atoms with Crippen LogP contribution in [0.25, 0.3) is 16.7 Å². The number of hydrogen-bond acceptors (Lipinski definition) is 7. The maximum atomic E-state index is 13.1. The van der Waals surface area contributed by atoms with Gasteiger partial charge in [-0.3, -0.25) is 4.79 Å². The van der Waals surface area contributed by atoms with Crippen molar-refractivity contribution in [3.05, 3.63) is 54.4 Å². The fourth-order valence-electron chi connectivity index (χ4n) is 2.45. The molecule has 4 aromatic rings. The molecule has 10 heteroatoms. The number of halogens is 1. The van der Waals surface area contributed by atoms with Gasteiger partial charge in [0.25, 0.3) is 0 Å². The Morgan fingerprint density at radius 2 is 2.11 bits per heavy atom. The predicted molar refractivity (Wildman–Crippen MR) is 97.2 cm³/mol. The molecule has 0 radical (unpaired) electrons. The van der Waals surface area contributed by atoms with E-state index in [1.165, 1.54) is 30.2 Å². The lowest BCUT2D eigenvalue weighted by atomic mass is 10.3. The molecule has 4 rings (SSSR count). The number of hydrogen-bond donors (Lipinski definition) is 1. The first-order valence-corrected chi connectivity index (χ1v) is 8.89. The lowest BCUT2D eigenvalue weighted by Crippen LogP contribution is -2.14. The molecule has 0 saturated carbocycles. The summed E-state index contributed by atoms with van der Waals surface area (Å²) in [6.45, 7) is 1.74. The highest BCUT2D eigenvalue weighted by Gasteiger charge is 2.14. The zero-order valence-corrected chi connectivity index (χ0v) is 14.9. The van der Waals surface area contributed by atoms with Crippen molar-refractivity contribution in [3.8, 4) is 5.69 Å². The number of rotatable bonds is 5. The van der Waals surface area contributed by atoms with Crippen molar-refractivity contribution >= 4 is 34.5 Å². The van der Waals surface area contributed by atoms with E-state index in [1.54, 1.807) is 36.0 Å². The molecule has 3 heterocycles. The van der Waals surface area contributed by atoms with Gasteiger partial charge in [-0.25, -0.2) is 19.0 Å². The summed E-state index contributed by atoms with van der Waals surface area (Å²) in [6.07, 6.45) is 3.03. The highest BCUT2D eigenvalue weighted by atomic mass is 32.2. The molecular formula is C17H13FN6O2S. The molecule has 0 aliphatic rings. The Bertz CT molecular complexity index is 1110. The summed E-state index contributed by atoms with van der Waals surface area (Å²) in [5.74, 6) is 0.568. The zero-order valence-electron chi connectivity index (χ0n) is 14.1. The van der Waals surface area contributed by atoms with Gasteiger partial charge >= 0.3 is 0 Å². The Hall–Kier alpha value is -3.27. The molecule has 0 saturated heterocycles. The number of fused-ring (bicyclic) bond motifs is 1. The van der Waals surface area contributed by atoms with Crippen LogP contribution in [0.15, 0.2) is 52.4 Å². The molecule has 0 atom stereocenters. The minimum atomic E-state index is -0.325. The number of aryl methyl sites for hydroxylation is 1. The fourth-order valence-corrected chi connectivity index (χ4v) is 3.21. The molecule has 1 amide bonds. The molecule has 8 nitrogen and oxygen atoms in total. The molecule has 0 aliphatic heterocycles. The summed E-state index contributed by atoms with van der Waals surface area (Å²) >= 11 is 1.26. The van der Waals surface area contributed by atoms with Crippen LogP contribution in [0.3, 0.4) is 0 Å². The first kappa shape index (κ1) is 17.2. The lowest BCUT2D eigenvalue weighted by Gasteiger charge is -2.04. The summed E-state index contributed by atoms with van der Waals surface area (Å²) in [4.78, 5) is 20.6. The Morgan fingerprint density at radius 3 is 2.85 bits per heavy atom. The second-order valence-corrected chi connectivity index (χ2v) is 6.57. The normalized spacial score (nSPS) is 11.0. The van der Waals surface area contributed by atoms with E-state index >= 15 is 0 Å². The van der Waals surface area contributed by atoms with E-state index in [4.69, 9.17) is 4.52 Å². The zero-order chi connectivity index (χ0) is 18.8. The van der Waals surface area contributed by atoms with Gasteiger partial charge in [0.1, 0.15) is 22.9 Å². The molecule has 0 unspecified atom stereocenters. The van der Waals surface area contributed by atoms with Gasteiger partial charge in [0, 0.05) is 6.07 Å². The van der Waals surface area contributed by atoms with Gasteiger partial charge in [0.15, 0.2) is 11.5 Å². The number of carbonyl (C=O) groups excluding carboxylic acids is 1. The van der Waals surface area contributed by atoms with Crippen molar-refractivity contribution < 1.29 is 13.7 Å². The van der Waals surface area contributed by atoms with E-state index < -0.39 is 0 Å². The number of thioether (sulfide) groups is 1. The molecule has 0 bridgehead atoms. The maximum Gasteiger partial charge on any atom is 0.236 e. The van der Waals surface area contributed by atoms with Crippen molar-refractivity contribution in [2.45, 2.75) is 11.9 Å². The van der Waals surface area contributed by atoms with Gasteiger partial charge < -0.3 is 9.84 Å². The minimum absolute atomic E-state index is 0.139. The summed E-state index contributed by atoms with van der Waals surface area (Å²) in [6, 6.07) is 7.58. The first-order chi connectivity index (χ1) is 13.1. The molecule has 136 valence electrons. The number of amides is 1. The quantitative estimate of drug-likeness (QED) is 0.417. The van der Waals surface area contributed by atoms with Crippen molar-refractivity contribution in [3.63, 3.8) is 0 Å². The van der Waals surface area contributed by atoms with Crippen molar-refractivity contribution in [2.75, 3.05) is 11.1 Å². The number of nitrogens with zero attached hydrogens (tertiary/aromatic N) is 5. The molecule has 0 fully saturated rings. The molecule has 1 aromatic carbocycles. The SMILES string of the molecule is Cc1cc(NC(=O)CSc2ncnc3c2cnn3-c2ccc(F)cc2)no1. The van der Waals surface area contributed by atoms with Gasteiger partial charge in [-0.1, -0.05) is 16.9 Å². The van der Waals surface area contributed by atoms with Crippen LogP contribution in [0.2, 0.25) is 0 Å². The van der Waals surface area contributed by atoms with Crippen molar-refractivity contribution in [1.82, 2.24) is 24.9 Å². The van der Waals surface area contributed by atoms with Gasteiger partial charge in [-0.2, -0.15) is 5.10 Å². The maximum absolute atomic E-state index is 13.1. The first-order valence-electron chi connectivity index (χ1n) is 7.91. The average molecular weight is 384 g/mol. The third kappa shape index (κ3) is 3.65. The highest BCUT2D eigenvalue weighted by molar-refractivity contribution is 8.00. The molecule has 27 heavy (non-hydrogen) atoms. The Morgan fingerprint density at radius 1 is 1.30 bits per heavy atom. The summed E-state index contributed by atoms with van der Waals surface area (Å²) in [7, 11) is 0. The van der Waals surface area contributed by atoms with Crippen LogP contribution in [-0.4, -0.2) is 36.6 Å². The molecule has 0 aliphatic carbocycles. The summed E-state index contributed by atoms with van der Waals surface area (Å²) in [5.41, 5.74) is 1.26. The van der Waals surface area contributed by atoms with Crippen molar-refractivity contribution in [1.29, 1.82) is 0 Å². The Balaban J connectivity index is 1.52. The summed E-state index contributed by atoms with van der Waals surface area (Å²) in [5, 5.41) is 12.0. The van der Waals surface area contributed by atoms with Gasteiger partial charge in [-0.15, -0.1) is 0 Å². The smallest absolute Gasteiger partial charge is 0.236 e. The van der Waals surface area contributed by atoms with Crippen molar-refractivity contribution in [2.24, 2.45) is 0 Å². The van der Waals surface area contributed by atoms with Crippen LogP contribution in [-0.2, 0) is 4.79 Å². The van der Waals surface area contributed by atoms with Gasteiger partial charge in [0.2, 0.25) is 5.91 Å². The monoisotopic (exact) mass is 384 g/mol. The Kier molecular flexibility index (Phi) is 4.55. The van der Waals surface area contributed by atoms with E-state index in [-0.39, 0.29) is 17.5 Å². The topological polar surface area (TPSA) is 98.7 Å². The number of aromatic nitrogens is 5. The Labute approximate surface area is 156 Å². The van der Waals surface area contributed by atoms with E-state index in [0.717, 1.165) is 0 Å². The van der Waals surface area contributed by atoms with Gasteiger partial charge in [-0.05, 0) is 31.2 Å².